The highest BCUT2D eigenvalue weighted by molar-refractivity contribution is 7.09. The number of aromatic nitrogens is 1. The molecule has 1 aromatic rings. The van der Waals surface area contributed by atoms with Gasteiger partial charge in [0.15, 0.2) is 0 Å². The van der Waals surface area contributed by atoms with Gasteiger partial charge in [-0.3, -0.25) is 0 Å². The van der Waals surface area contributed by atoms with Gasteiger partial charge in [0.25, 0.3) is 0 Å². The zero-order valence-corrected chi connectivity index (χ0v) is 11.3. The molecule has 1 aliphatic rings. The number of aryl methyl sites for hydroxylation is 1. The summed E-state index contributed by atoms with van der Waals surface area (Å²) >= 11 is 1.70. The molecule has 1 saturated carbocycles. The Balaban J connectivity index is 1.73. The normalized spacial score (nSPS) is 25.1. The predicted molar refractivity (Wildman–Crippen MR) is 71.1 cm³/mol. The summed E-state index contributed by atoms with van der Waals surface area (Å²) in [6.07, 6.45) is 5.05. The molecule has 1 fully saturated rings. The molecule has 0 bridgehead atoms. The number of hydrogen-bond acceptors (Lipinski definition) is 4. The van der Waals surface area contributed by atoms with E-state index < -0.39 is 0 Å². The summed E-state index contributed by atoms with van der Waals surface area (Å²) in [6.45, 7) is 4.26. The molecule has 0 radical (unpaired) electrons. The lowest BCUT2D eigenvalue weighted by molar-refractivity contribution is 0.133. The molecule has 17 heavy (non-hydrogen) atoms. The second kappa shape index (κ2) is 6.47. The lowest BCUT2D eigenvalue weighted by atomic mass is 9.79. The van der Waals surface area contributed by atoms with Gasteiger partial charge in [-0.25, -0.2) is 4.98 Å². The summed E-state index contributed by atoms with van der Waals surface area (Å²) < 4.78 is 0. The molecule has 3 nitrogen and oxygen atoms in total. The van der Waals surface area contributed by atoms with Crippen molar-refractivity contribution in [3.8, 4) is 0 Å². The standard InChI is InChI=1S/C13H22N2OS/c1-10-15-13(9-17-10)7-14-6-11-4-2-3-5-12(11)8-16/h9,11-12,14,16H,2-8H2,1H3. The molecule has 0 aromatic carbocycles. The van der Waals surface area contributed by atoms with Gasteiger partial charge < -0.3 is 10.4 Å². The van der Waals surface area contributed by atoms with Crippen LogP contribution < -0.4 is 5.32 Å². The van der Waals surface area contributed by atoms with Gasteiger partial charge in [0.2, 0.25) is 0 Å². The third-order valence-corrected chi connectivity index (χ3v) is 4.50. The lowest BCUT2D eigenvalue weighted by Crippen LogP contribution is -2.32. The van der Waals surface area contributed by atoms with E-state index in [1.54, 1.807) is 11.3 Å². The van der Waals surface area contributed by atoms with E-state index in [0.717, 1.165) is 23.8 Å². The number of nitrogens with one attached hydrogen (secondary N) is 1. The summed E-state index contributed by atoms with van der Waals surface area (Å²) in [5.74, 6) is 1.15. The van der Waals surface area contributed by atoms with Crippen molar-refractivity contribution < 1.29 is 5.11 Å². The van der Waals surface area contributed by atoms with Crippen molar-refractivity contribution >= 4 is 11.3 Å². The second-order valence-electron chi connectivity index (χ2n) is 4.98. The fraction of sp³-hybridized carbons (Fsp3) is 0.769. The number of thiazole rings is 1. The first kappa shape index (κ1) is 13.0. The Morgan fingerprint density at radius 2 is 2.18 bits per heavy atom. The smallest absolute Gasteiger partial charge is 0.0897 e. The van der Waals surface area contributed by atoms with Gasteiger partial charge in [-0.2, -0.15) is 0 Å². The topological polar surface area (TPSA) is 45.2 Å². The maximum atomic E-state index is 9.34. The van der Waals surface area contributed by atoms with Crippen molar-refractivity contribution in [1.29, 1.82) is 0 Å². The van der Waals surface area contributed by atoms with Gasteiger partial charge in [0, 0.05) is 18.5 Å². The zero-order valence-electron chi connectivity index (χ0n) is 10.5. The molecule has 0 spiro atoms. The molecular formula is C13H22N2OS. The van der Waals surface area contributed by atoms with Crippen molar-refractivity contribution in [1.82, 2.24) is 10.3 Å². The molecule has 2 atom stereocenters. The number of aliphatic hydroxyl groups excluding tert-OH is 1. The molecule has 0 saturated heterocycles. The Morgan fingerprint density at radius 3 is 2.82 bits per heavy atom. The quantitative estimate of drug-likeness (QED) is 0.848. The van der Waals surface area contributed by atoms with Crippen molar-refractivity contribution in [3.05, 3.63) is 16.1 Å². The molecule has 1 aliphatic carbocycles. The minimum Gasteiger partial charge on any atom is -0.396 e. The molecule has 4 heteroatoms. The van der Waals surface area contributed by atoms with Gasteiger partial charge in [0.1, 0.15) is 0 Å². The van der Waals surface area contributed by atoms with Crippen molar-refractivity contribution in [2.45, 2.75) is 39.2 Å². The summed E-state index contributed by atoms with van der Waals surface area (Å²) in [5.41, 5.74) is 1.14. The molecule has 96 valence electrons. The minimum atomic E-state index is 0.349. The molecule has 0 amide bonds. The van der Waals surface area contributed by atoms with E-state index in [-0.39, 0.29) is 0 Å². The van der Waals surface area contributed by atoms with Gasteiger partial charge in [-0.05, 0) is 38.1 Å². The van der Waals surface area contributed by atoms with Gasteiger partial charge >= 0.3 is 0 Å². The van der Waals surface area contributed by atoms with Crippen LogP contribution in [-0.4, -0.2) is 23.2 Å². The average Bonchev–Trinajstić information content (AvgIpc) is 2.76. The van der Waals surface area contributed by atoms with E-state index >= 15 is 0 Å². The van der Waals surface area contributed by atoms with E-state index in [1.807, 2.05) is 6.92 Å². The molecule has 2 N–H and O–H groups in total. The predicted octanol–water partition coefficient (Wildman–Crippen LogP) is 2.34. The third-order valence-electron chi connectivity index (χ3n) is 3.68. The number of nitrogens with zero attached hydrogens (tertiary/aromatic N) is 1. The van der Waals surface area contributed by atoms with E-state index in [2.05, 4.69) is 15.7 Å². The van der Waals surface area contributed by atoms with Crippen LogP contribution in [0.5, 0.6) is 0 Å². The summed E-state index contributed by atoms with van der Waals surface area (Å²) in [6, 6.07) is 0. The summed E-state index contributed by atoms with van der Waals surface area (Å²) in [5, 5.41) is 16.1. The van der Waals surface area contributed by atoms with Crippen LogP contribution in [0.4, 0.5) is 0 Å². The number of rotatable bonds is 5. The van der Waals surface area contributed by atoms with Crippen LogP contribution >= 0.6 is 11.3 Å². The lowest BCUT2D eigenvalue weighted by Gasteiger charge is -2.30. The minimum absolute atomic E-state index is 0.349. The highest BCUT2D eigenvalue weighted by Gasteiger charge is 2.23. The highest BCUT2D eigenvalue weighted by Crippen LogP contribution is 2.29. The largest absolute Gasteiger partial charge is 0.396 e. The van der Waals surface area contributed by atoms with Crippen LogP contribution in [0.2, 0.25) is 0 Å². The molecule has 1 aromatic heterocycles. The Labute approximate surface area is 107 Å². The maximum Gasteiger partial charge on any atom is 0.0897 e. The Morgan fingerprint density at radius 1 is 1.41 bits per heavy atom. The third kappa shape index (κ3) is 3.76. The van der Waals surface area contributed by atoms with Crippen molar-refractivity contribution in [2.24, 2.45) is 11.8 Å². The van der Waals surface area contributed by atoms with Crippen LogP contribution in [0.25, 0.3) is 0 Å². The summed E-state index contributed by atoms with van der Waals surface area (Å²) in [4.78, 5) is 4.44. The number of hydrogen-bond donors (Lipinski definition) is 2. The van der Waals surface area contributed by atoms with E-state index in [0.29, 0.717) is 18.4 Å². The zero-order chi connectivity index (χ0) is 12.1. The van der Waals surface area contributed by atoms with Gasteiger partial charge in [0.05, 0.1) is 10.7 Å². The fourth-order valence-corrected chi connectivity index (χ4v) is 3.28. The molecule has 0 aliphatic heterocycles. The molecule has 2 unspecified atom stereocenters. The highest BCUT2D eigenvalue weighted by atomic mass is 32.1. The Bertz CT molecular complexity index is 340. The molecule has 1 heterocycles. The van der Waals surface area contributed by atoms with Gasteiger partial charge in [-0.1, -0.05) is 12.8 Å². The first-order valence-corrected chi connectivity index (χ1v) is 7.40. The van der Waals surface area contributed by atoms with E-state index in [9.17, 15) is 5.11 Å². The van der Waals surface area contributed by atoms with Gasteiger partial charge in [-0.15, -0.1) is 11.3 Å². The molecule has 2 rings (SSSR count). The van der Waals surface area contributed by atoms with Crippen LogP contribution in [0.15, 0.2) is 5.38 Å². The first-order chi connectivity index (χ1) is 8.29. The van der Waals surface area contributed by atoms with Crippen LogP contribution in [0, 0.1) is 18.8 Å². The first-order valence-electron chi connectivity index (χ1n) is 6.52. The average molecular weight is 254 g/mol. The van der Waals surface area contributed by atoms with Crippen LogP contribution in [0.3, 0.4) is 0 Å². The van der Waals surface area contributed by atoms with Crippen LogP contribution in [-0.2, 0) is 6.54 Å². The second-order valence-corrected chi connectivity index (χ2v) is 6.04. The summed E-state index contributed by atoms with van der Waals surface area (Å²) in [7, 11) is 0. The van der Waals surface area contributed by atoms with E-state index in [4.69, 9.17) is 0 Å². The number of aliphatic hydroxyl groups is 1. The molecular weight excluding hydrogens is 232 g/mol. The Kier molecular flexibility index (Phi) is 4.95. The van der Waals surface area contributed by atoms with Crippen LogP contribution in [0.1, 0.15) is 36.4 Å². The Hall–Kier alpha value is -0.450. The monoisotopic (exact) mass is 254 g/mol. The SMILES string of the molecule is Cc1nc(CNCC2CCCCC2CO)cs1. The van der Waals surface area contributed by atoms with E-state index in [1.165, 1.54) is 25.7 Å². The van der Waals surface area contributed by atoms with Crippen molar-refractivity contribution in [3.63, 3.8) is 0 Å². The van der Waals surface area contributed by atoms with Crippen molar-refractivity contribution in [2.75, 3.05) is 13.2 Å². The maximum absolute atomic E-state index is 9.34. The fourth-order valence-electron chi connectivity index (χ4n) is 2.67.